The number of tetrazole rings is 1. The molecule has 0 saturated heterocycles. The van der Waals surface area contributed by atoms with Crippen molar-refractivity contribution in [3.8, 4) is 17.1 Å². The Bertz CT molecular complexity index is 1860. The highest BCUT2D eigenvalue weighted by Crippen LogP contribution is 2.42. The summed E-state index contributed by atoms with van der Waals surface area (Å²) in [6.45, 7) is 13.9. The summed E-state index contributed by atoms with van der Waals surface area (Å²) in [5, 5.41) is 18.5. The van der Waals surface area contributed by atoms with Crippen molar-refractivity contribution in [3.05, 3.63) is 100 Å². The fourth-order valence-electron chi connectivity index (χ4n) is 5.32. The molecule has 11 heteroatoms. The van der Waals surface area contributed by atoms with E-state index in [2.05, 4.69) is 79.6 Å². The number of anilines is 1. The number of H-pyrrole nitrogens is 1. The lowest BCUT2D eigenvalue weighted by Gasteiger charge is -2.35. The van der Waals surface area contributed by atoms with Gasteiger partial charge in [0.2, 0.25) is 11.1 Å². The van der Waals surface area contributed by atoms with E-state index in [0.29, 0.717) is 23.9 Å². The zero-order valence-electron chi connectivity index (χ0n) is 27.9. The molecule has 0 atom stereocenters. The summed E-state index contributed by atoms with van der Waals surface area (Å²) >= 11 is 1.09. The number of carbonyl (C=O) groups excluding carboxylic acids is 1. The fraction of sp³-hybridized carbons (Fsp3) is 0.361. The summed E-state index contributed by atoms with van der Waals surface area (Å²) in [5.41, 5.74) is 3.53. The number of aromatic amines is 1. The molecule has 1 amide bonds. The monoisotopic (exact) mass is 653 g/mol. The van der Waals surface area contributed by atoms with Crippen molar-refractivity contribution in [1.82, 2.24) is 30.0 Å². The number of hydrogen-bond donors (Lipinski definition) is 2. The molecule has 0 fully saturated rings. The van der Waals surface area contributed by atoms with Crippen LogP contribution in [0.4, 0.5) is 5.82 Å². The second kappa shape index (κ2) is 14.4. The van der Waals surface area contributed by atoms with Crippen LogP contribution in [-0.2, 0) is 15.6 Å². The van der Waals surface area contributed by atoms with Gasteiger partial charge in [-0.3, -0.25) is 14.7 Å². The Hall–Kier alpha value is -4.64. The van der Waals surface area contributed by atoms with Crippen molar-refractivity contribution in [2.45, 2.75) is 88.1 Å². The third-order valence-electron chi connectivity index (χ3n) is 8.77. The van der Waals surface area contributed by atoms with Gasteiger partial charge in [-0.25, -0.2) is 4.68 Å². The zero-order valence-corrected chi connectivity index (χ0v) is 28.7. The van der Waals surface area contributed by atoms with Crippen LogP contribution in [0.25, 0.3) is 11.4 Å². The normalized spacial score (nSPS) is 11.9. The largest absolute Gasteiger partial charge is 0.493 e. The summed E-state index contributed by atoms with van der Waals surface area (Å²) in [6.07, 6.45) is 2.69. The van der Waals surface area contributed by atoms with Crippen LogP contribution in [-0.4, -0.2) is 42.5 Å². The van der Waals surface area contributed by atoms with Gasteiger partial charge in [-0.05, 0) is 88.2 Å². The van der Waals surface area contributed by atoms with Gasteiger partial charge in [0.15, 0.2) is 0 Å². The topological polar surface area (TPSA) is 120 Å². The van der Waals surface area contributed by atoms with Gasteiger partial charge >= 0.3 is 0 Å². The molecule has 0 unspecified atom stereocenters. The molecule has 0 radical (unpaired) electrons. The lowest BCUT2D eigenvalue weighted by molar-refractivity contribution is -0.116. The maximum absolute atomic E-state index is 13.7. The van der Waals surface area contributed by atoms with Gasteiger partial charge in [0.1, 0.15) is 16.5 Å². The minimum Gasteiger partial charge on any atom is -0.493 e. The molecule has 0 saturated carbocycles. The predicted molar refractivity (Wildman–Crippen MR) is 186 cm³/mol. The van der Waals surface area contributed by atoms with Crippen molar-refractivity contribution in [2.75, 3.05) is 11.9 Å². The maximum atomic E-state index is 13.7. The third-order valence-corrected chi connectivity index (χ3v) is 9.79. The highest BCUT2D eigenvalue weighted by Gasteiger charge is 2.32. The number of rotatable bonds is 14. The lowest BCUT2D eigenvalue weighted by Crippen LogP contribution is -2.26. The second-order valence-corrected chi connectivity index (χ2v) is 13.7. The molecular formula is C36H43N7O3S. The molecule has 3 aromatic carbocycles. The average molecular weight is 654 g/mol. The molecule has 2 aromatic heterocycles. The van der Waals surface area contributed by atoms with Gasteiger partial charge in [0.05, 0.1) is 18.0 Å². The molecule has 0 bridgehead atoms. The minimum atomic E-state index is -0.330. The van der Waals surface area contributed by atoms with Crippen LogP contribution in [0.2, 0.25) is 0 Å². The lowest BCUT2D eigenvalue weighted by atomic mass is 9.71. The first-order valence-electron chi connectivity index (χ1n) is 16.0. The summed E-state index contributed by atoms with van der Waals surface area (Å²) in [6, 6.07) is 24.9. The number of nitrogens with one attached hydrogen (secondary N) is 2. The quantitative estimate of drug-likeness (QED) is 0.119. The molecular weight excluding hydrogens is 611 g/mol. The van der Waals surface area contributed by atoms with E-state index in [-0.39, 0.29) is 39.4 Å². The van der Waals surface area contributed by atoms with E-state index < -0.39 is 0 Å². The Balaban J connectivity index is 1.33. The molecule has 2 N–H and O–H groups in total. The Morgan fingerprint density at radius 3 is 2.21 bits per heavy atom. The SMILES string of the molecule is CCC(C)(C)c1cccc(OCCCC(=O)Nc2[nH]n(-c3ccccc3)c(=O)c2Sc2nnnn2-c2ccccc2)c1C(C)(C)CC. The first kappa shape index (κ1) is 33.7. The van der Waals surface area contributed by atoms with Crippen LogP contribution >= 0.6 is 11.8 Å². The van der Waals surface area contributed by atoms with E-state index in [0.717, 1.165) is 36.0 Å². The van der Waals surface area contributed by atoms with Crippen LogP contribution in [0.3, 0.4) is 0 Å². The molecule has 246 valence electrons. The van der Waals surface area contributed by atoms with Gasteiger partial charge in [-0.1, -0.05) is 90.1 Å². The van der Waals surface area contributed by atoms with Crippen LogP contribution < -0.4 is 15.6 Å². The second-order valence-electron chi connectivity index (χ2n) is 12.8. The Morgan fingerprint density at radius 2 is 1.55 bits per heavy atom. The first-order valence-corrected chi connectivity index (χ1v) is 16.9. The van der Waals surface area contributed by atoms with E-state index >= 15 is 0 Å². The van der Waals surface area contributed by atoms with Gasteiger partial charge in [-0.15, -0.1) is 5.10 Å². The van der Waals surface area contributed by atoms with E-state index in [9.17, 15) is 9.59 Å². The van der Waals surface area contributed by atoms with Crippen molar-refractivity contribution in [1.29, 1.82) is 0 Å². The molecule has 5 rings (SSSR count). The number of benzene rings is 3. The molecule has 0 aliphatic carbocycles. The van der Waals surface area contributed by atoms with Gasteiger partial charge in [-0.2, -0.15) is 4.68 Å². The van der Waals surface area contributed by atoms with Gasteiger partial charge in [0.25, 0.3) is 5.56 Å². The Kier molecular flexibility index (Phi) is 10.3. The average Bonchev–Trinajstić information content (AvgIpc) is 3.68. The number of para-hydroxylation sites is 2. The number of carbonyl (C=O) groups is 1. The van der Waals surface area contributed by atoms with Gasteiger partial charge < -0.3 is 10.1 Å². The maximum Gasteiger partial charge on any atom is 0.287 e. The minimum absolute atomic E-state index is 0.00813. The van der Waals surface area contributed by atoms with Gasteiger partial charge in [0, 0.05) is 12.0 Å². The van der Waals surface area contributed by atoms with Crippen molar-refractivity contribution < 1.29 is 9.53 Å². The van der Waals surface area contributed by atoms with Crippen LogP contribution in [0.15, 0.2) is 93.7 Å². The smallest absolute Gasteiger partial charge is 0.287 e. The molecule has 0 aliphatic heterocycles. The van der Waals surface area contributed by atoms with Crippen molar-refractivity contribution in [3.63, 3.8) is 0 Å². The third kappa shape index (κ3) is 7.51. The number of nitrogens with zero attached hydrogens (tertiary/aromatic N) is 5. The summed E-state index contributed by atoms with van der Waals surface area (Å²) in [7, 11) is 0. The van der Waals surface area contributed by atoms with E-state index in [4.69, 9.17) is 4.74 Å². The summed E-state index contributed by atoms with van der Waals surface area (Å²) in [5.74, 6) is 0.906. The summed E-state index contributed by atoms with van der Waals surface area (Å²) in [4.78, 5) is 27.2. The zero-order chi connectivity index (χ0) is 33.6. The number of aromatic nitrogens is 6. The first-order chi connectivity index (χ1) is 22.6. The van der Waals surface area contributed by atoms with Crippen molar-refractivity contribution >= 4 is 23.5 Å². The van der Waals surface area contributed by atoms with Crippen LogP contribution in [0.1, 0.15) is 78.4 Å². The molecule has 0 spiro atoms. The molecule has 5 aromatic rings. The molecule has 10 nitrogen and oxygen atoms in total. The Morgan fingerprint density at radius 1 is 0.894 bits per heavy atom. The highest BCUT2D eigenvalue weighted by atomic mass is 32.2. The van der Waals surface area contributed by atoms with Crippen LogP contribution in [0, 0.1) is 0 Å². The molecule has 2 heterocycles. The number of ether oxygens (including phenoxy) is 1. The highest BCUT2D eigenvalue weighted by molar-refractivity contribution is 7.99. The standard InChI is InChI=1S/C36H43N7O3S/c1-7-35(3,4)27-21-15-22-28(30(27)36(5,6)8-2)46-24-16-23-29(44)37-32-31(33(45)42(39-32)25-17-11-9-12-18-25)47-34-38-40-41-43(34)26-19-13-10-14-20-26/h9-15,17-22,39H,7-8,16,23-24H2,1-6H3,(H,37,44). The molecule has 0 aliphatic rings. The molecule has 47 heavy (non-hydrogen) atoms. The van der Waals surface area contributed by atoms with E-state index in [1.807, 2.05) is 66.7 Å². The summed E-state index contributed by atoms with van der Waals surface area (Å²) < 4.78 is 9.32. The number of hydrogen-bond acceptors (Lipinski definition) is 7. The van der Waals surface area contributed by atoms with E-state index in [1.165, 1.54) is 15.8 Å². The van der Waals surface area contributed by atoms with E-state index in [1.54, 1.807) is 4.68 Å². The van der Waals surface area contributed by atoms with Crippen molar-refractivity contribution in [2.24, 2.45) is 0 Å². The van der Waals surface area contributed by atoms with Crippen LogP contribution in [0.5, 0.6) is 5.75 Å². The predicted octanol–water partition coefficient (Wildman–Crippen LogP) is 7.47. The Labute approximate surface area is 279 Å². The fourth-order valence-corrected chi connectivity index (χ4v) is 6.19. The number of amides is 1.